The Morgan fingerprint density at radius 2 is 2.38 bits per heavy atom. The number of hydrogen-bond acceptors (Lipinski definition) is 5. The van der Waals surface area contributed by atoms with Crippen LogP contribution in [-0.2, 0) is 4.79 Å². The molecule has 128 valence electrons. The maximum Gasteiger partial charge on any atom is 0.239 e. The van der Waals surface area contributed by atoms with Crippen LogP contribution < -0.4 is 15.0 Å². The molecule has 0 spiro atoms. The number of fused-ring (bicyclic) bond motifs is 1. The second-order valence-electron chi connectivity index (χ2n) is 5.90. The smallest absolute Gasteiger partial charge is 0.239 e. The number of rotatable bonds is 5. The summed E-state index contributed by atoms with van der Waals surface area (Å²) in [4.78, 5) is 19.9. The number of anilines is 1. The second kappa shape index (κ2) is 7.40. The molecule has 1 aromatic carbocycles. The molecule has 24 heavy (non-hydrogen) atoms. The Labute approximate surface area is 150 Å². The number of aryl methyl sites for hydroxylation is 1. The molecule has 1 amide bonds. The fraction of sp³-hybridized carbons (Fsp3) is 0.412. The zero-order valence-corrected chi connectivity index (χ0v) is 15.3. The van der Waals surface area contributed by atoms with Gasteiger partial charge in [0.1, 0.15) is 12.4 Å². The monoisotopic (exact) mass is 365 g/mol. The van der Waals surface area contributed by atoms with E-state index in [1.807, 2.05) is 30.2 Å². The summed E-state index contributed by atoms with van der Waals surface area (Å²) in [5.74, 6) is 0.965. The predicted molar refractivity (Wildman–Crippen MR) is 97.4 cm³/mol. The number of benzene rings is 1. The number of carbonyl (C=O) groups is 1. The highest BCUT2D eigenvalue weighted by Gasteiger charge is 2.21. The topological polar surface area (TPSA) is 54.5 Å². The molecule has 0 saturated carbocycles. The summed E-state index contributed by atoms with van der Waals surface area (Å²) in [6, 6.07) is 5.47. The summed E-state index contributed by atoms with van der Waals surface area (Å²) in [6.07, 6.45) is 1.87. The zero-order valence-electron chi connectivity index (χ0n) is 13.7. The maximum atomic E-state index is 12.3. The Balaban J connectivity index is 1.57. The van der Waals surface area contributed by atoms with Crippen LogP contribution >= 0.6 is 22.9 Å². The third-order valence-corrected chi connectivity index (χ3v) is 5.26. The summed E-state index contributed by atoms with van der Waals surface area (Å²) in [5, 5.41) is 4.68. The van der Waals surface area contributed by atoms with Gasteiger partial charge in [-0.3, -0.25) is 4.79 Å². The van der Waals surface area contributed by atoms with E-state index in [1.165, 1.54) is 4.88 Å². The minimum atomic E-state index is -0.0112. The summed E-state index contributed by atoms with van der Waals surface area (Å²) < 4.78 is 5.61. The van der Waals surface area contributed by atoms with E-state index in [4.69, 9.17) is 16.3 Å². The highest BCUT2D eigenvalue weighted by Crippen LogP contribution is 2.33. The van der Waals surface area contributed by atoms with Gasteiger partial charge in [0.05, 0.1) is 23.8 Å². The number of thiazole rings is 1. The maximum absolute atomic E-state index is 12.3. The fourth-order valence-electron chi connectivity index (χ4n) is 2.59. The second-order valence-corrected chi connectivity index (χ2v) is 7.60. The van der Waals surface area contributed by atoms with Gasteiger partial charge in [-0.1, -0.05) is 18.5 Å². The molecule has 0 aliphatic carbocycles. The van der Waals surface area contributed by atoms with Crippen molar-refractivity contribution in [3.05, 3.63) is 39.3 Å². The summed E-state index contributed by atoms with van der Waals surface area (Å²) >= 11 is 7.73. The third-order valence-electron chi connectivity index (χ3n) is 3.88. The van der Waals surface area contributed by atoms with Crippen LogP contribution in [0, 0.1) is 6.92 Å². The van der Waals surface area contributed by atoms with E-state index in [1.54, 1.807) is 17.4 Å². The molecule has 0 fully saturated rings. The average molecular weight is 366 g/mol. The first kappa shape index (κ1) is 17.0. The molecule has 1 aliphatic heterocycles. The van der Waals surface area contributed by atoms with Crippen molar-refractivity contribution in [1.82, 2.24) is 10.3 Å². The van der Waals surface area contributed by atoms with Crippen LogP contribution in [0.15, 0.2) is 24.4 Å². The lowest BCUT2D eigenvalue weighted by atomic mass is 10.2. The zero-order chi connectivity index (χ0) is 17.1. The minimum Gasteiger partial charge on any atom is -0.490 e. The molecule has 0 radical (unpaired) electrons. The first-order valence-electron chi connectivity index (χ1n) is 7.89. The minimum absolute atomic E-state index is 0.0112. The van der Waals surface area contributed by atoms with Gasteiger partial charge >= 0.3 is 0 Å². The number of ether oxygens (including phenoxy) is 1. The van der Waals surface area contributed by atoms with Gasteiger partial charge in [-0.05, 0) is 25.1 Å². The molecule has 2 heterocycles. The quantitative estimate of drug-likeness (QED) is 0.883. The van der Waals surface area contributed by atoms with Crippen molar-refractivity contribution >= 4 is 34.5 Å². The van der Waals surface area contributed by atoms with Crippen LogP contribution in [0.25, 0.3) is 0 Å². The van der Waals surface area contributed by atoms with Crippen LogP contribution in [0.2, 0.25) is 5.02 Å². The molecule has 3 rings (SSSR count). The van der Waals surface area contributed by atoms with Gasteiger partial charge < -0.3 is 15.0 Å². The lowest BCUT2D eigenvalue weighted by Crippen LogP contribution is -2.42. The largest absolute Gasteiger partial charge is 0.490 e. The molecule has 1 N–H and O–H groups in total. The van der Waals surface area contributed by atoms with E-state index in [9.17, 15) is 4.79 Å². The third kappa shape index (κ3) is 3.99. The molecule has 1 atom stereocenters. The molecule has 1 aromatic heterocycles. The number of halogens is 1. The number of nitrogens with zero attached hydrogens (tertiary/aromatic N) is 2. The average Bonchev–Trinajstić information content (AvgIpc) is 3.00. The molecule has 5 nitrogen and oxygen atoms in total. The fourth-order valence-corrected chi connectivity index (χ4v) is 3.59. The van der Waals surface area contributed by atoms with Crippen molar-refractivity contribution in [3.8, 4) is 5.75 Å². The highest BCUT2D eigenvalue weighted by molar-refractivity contribution is 7.11. The lowest BCUT2D eigenvalue weighted by Gasteiger charge is -2.30. The van der Waals surface area contributed by atoms with E-state index >= 15 is 0 Å². The summed E-state index contributed by atoms with van der Waals surface area (Å²) in [5.41, 5.74) is 0.868. The summed E-state index contributed by atoms with van der Waals surface area (Å²) in [6.45, 7) is 6.22. The Hall–Kier alpha value is -1.79. The predicted octanol–water partition coefficient (Wildman–Crippen LogP) is 3.22. The summed E-state index contributed by atoms with van der Waals surface area (Å²) in [7, 11) is 0. The van der Waals surface area contributed by atoms with Gasteiger partial charge in [0, 0.05) is 28.6 Å². The molecular formula is C17H20ClN3O2S. The van der Waals surface area contributed by atoms with Crippen molar-refractivity contribution in [2.75, 3.05) is 31.1 Å². The molecule has 0 bridgehead atoms. The van der Waals surface area contributed by atoms with Crippen molar-refractivity contribution in [2.24, 2.45) is 0 Å². The number of carbonyl (C=O) groups excluding carboxylic acids is 1. The van der Waals surface area contributed by atoms with E-state index in [0.29, 0.717) is 31.3 Å². The Morgan fingerprint density at radius 3 is 3.12 bits per heavy atom. The Kier molecular flexibility index (Phi) is 5.26. The van der Waals surface area contributed by atoms with Crippen LogP contribution in [0.5, 0.6) is 5.75 Å². The van der Waals surface area contributed by atoms with E-state index in [0.717, 1.165) is 16.4 Å². The van der Waals surface area contributed by atoms with Gasteiger partial charge in [0.25, 0.3) is 0 Å². The SMILES string of the molecule is Cc1cnc([C@H](C)CNC(=O)CN2CCOc3ccc(Cl)cc32)s1. The van der Waals surface area contributed by atoms with Gasteiger partial charge in [-0.2, -0.15) is 0 Å². The van der Waals surface area contributed by atoms with Crippen molar-refractivity contribution < 1.29 is 9.53 Å². The Bertz CT molecular complexity index is 734. The normalized spacial score (nSPS) is 14.7. The Morgan fingerprint density at radius 1 is 1.54 bits per heavy atom. The molecular weight excluding hydrogens is 346 g/mol. The van der Waals surface area contributed by atoms with E-state index in [2.05, 4.69) is 17.2 Å². The molecule has 2 aromatic rings. The molecule has 0 saturated heterocycles. The van der Waals surface area contributed by atoms with Crippen molar-refractivity contribution in [2.45, 2.75) is 19.8 Å². The van der Waals surface area contributed by atoms with Gasteiger partial charge in [-0.15, -0.1) is 11.3 Å². The number of aromatic nitrogens is 1. The number of hydrogen-bond donors (Lipinski definition) is 1. The van der Waals surface area contributed by atoms with Gasteiger partial charge in [0.2, 0.25) is 5.91 Å². The number of nitrogens with one attached hydrogen (secondary N) is 1. The molecule has 7 heteroatoms. The molecule has 1 aliphatic rings. The van der Waals surface area contributed by atoms with E-state index in [-0.39, 0.29) is 11.8 Å². The van der Waals surface area contributed by atoms with Crippen LogP contribution in [-0.4, -0.2) is 37.1 Å². The lowest BCUT2D eigenvalue weighted by molar-refractivity contribution is -0.119. The van der Waals surface area contributed by atoms with Crippen molar-refractivity contribution in [1.29, 1.82) is 0 Å². The van der Waals surface area contributed by atoms with Crippen LogP contribution in [0.3, 0.4) is 0 Å². The van der Waals surface area contributed by atoms with Crippen LogP contribution in [0.1, 0.15) is 22.7 Å². The molecule has 0 unspecified atom stereocenters. The van der Waals surface area contributed by atoms with Gasteiger partial charge in [-0.25, -0.2) is 4.98 Å². The highest BCUT2D eigenvalue weighted by atomic mass is 35.5. The van der Waals surface area contributed by atoms with Crippen LogP contribution in [0.4, 0.5) is 5.69 Å². The standard InChI is InChI=1S/C17H20ClN3O2S/c1-11(17-20-9-12(2)24-17)8-19-16(22)10-21-5-6-23-15-4-3-13(18)7-14(15)21/h3-4,7,9,11H,5-6,8,10H2,1-2H3,(H,19,22)/t11-/m1/s1. The van der Waals surface area contributed by atoms with Crippen molar-refractivity contribution in [3.63, 3.8) is 0 Å². The first-order valence-corrected chi connectivity index (χ1v) is 9.08. The van der Waals surface area contributed by atoms with Gasteiger partial charge in [0.15, 0.2) is 0 Å². The van der Waals surface area contributed by atoms with E-state index < -0.39 is 0 Å². The first-order chi connectivity index (χ1) is 11.5. The number of amides is 1.